The van der Waals surface area contributed by atoms with Crippen LogP contribution in [0.5, 0.6) is 0 Å². The minimum Gasteiger partial charge on any atom is -0.398 e. The molecule has 0 atom stereocenters. The lowest BCUT2D eigenvalue weighted by Crippen LogP contribution is -1.88. The van der Waals surface area contributed by atoms with E-state index in [1.165, 1.54) is 12.1 Å². The van der Waals surface area contributed by atoms with Crippen LogP contribution in [0.25, 0.3) is 0 Å². The van der Waals surface area contributed by atoms with Crippen molar-refractivity contribution in [3.8, 4) is 0 Å². The highest BCUT2D eigenvalue weighted by molar-refractivity contribution is 9.10. The number of benzene rings is 1. The Labute approximate surface area is 72.0 Å². The number of nitrogen functional groups attached to an aromatic ring is 1. The van der Waals surface area contributed by atoms with Gasteiger partial charge in [-0.15, -0.1) is 12.6 Å². The molecule has 0 aliphatic carbocycles. The fourth-order valence-electron chi connectivity index (χ4n) is 0.552. The molecule has 54 valence electrons. The normalized spacial score (nSPS) is 9.90. The molecule has 1 nitrogen and oxygen atoms in total. The third kappa shape index (κ3) is 1.44. The molecule has 0 aliphatic rings. The van der Waals surface area contributed by atoms with E-state index in [4.69, 9.17) is 5.73 Å². The van der Waals surface area contributed by atoms with E-state index in [0.717, 1.165) is 0 Å². The highest BCUT2D eigenvalue weighted by Gasteiger charge is 2.01. The molecule has 10 heavy (non-hydrogen) atoms. The first-order chi connectivity index (χ1) is 4.61. The van der Waals surface area contributed by atoms with Crippen molar-refractivity contribution in [1.29, 1.82) is 0 Å². The second-order valence-electron chi connectivity index (χ2n) is 1.83. The molecule has 1 rings (SSSR count). The summed E-state index contributed by atoms with van der Waals surface area (Å²) in [5, 5.41) is 0. The number of halogens is 2. The van der Waals surface area contributed by atoms with E-state index in [9.17, 15) is 4.39 Å². The fraction of sp³-hybridized carbons (Fsp3) is 0. The van der Waals surface area contributed by atoms with Crippen molar-refractivity contribution in [2.75, 3.05) is 5.73 Å². The summed E-state index contributed by atoms with van der Waals surface area (Å²) in [6.45, 7) is 0. The van der Waals surface area contributed by atoms with Crippen LogP contribution >= 0.6 is 28.6 Å². The Morgan fingerprint density at radius 3 is 2.60 bits per heavy atom. The predicted octanol–water partition coefficient (Wildman–Crippen LogP) is 2.46. The smallest absolute Gasteiger partial charge is 0.139 e. The second kappa shape index (κ2) is 2.80. The van der Waals surface area contributed by atoms with Gasteiger partial charge in [-0.3, -0.25) is 0 Å². The third-order valence-corrected chi connectivity index (χ3v) is 2.06. The molecule has 0 heterocycles. The molecular weight excluding hydrogens is 217 g/mol. The fourth-order valence-corrected chi connectivity index (χ4v) is 1.27. The van der Waals surface area contributed by atoms with Gasteiger partial charge < -0.3 is 5.73 Å². The average Bonchev–Trinajstić information content (AvgIpc) is 1.84. The number of anilines is 1. The maximum atomic E-state index is 12.6. The first kappa shape index (κ1) is 7.88. The van der Waals surface area contributed by atoms with Crippen molar-refractivity contribution < 1.29 is 4.39 Å². The quantitative estimate of drug-likeness (QED) is 0.511. The molecule has 0 aromatic heterocycles. The molecular formula is C6H5BrFNS. The van der Waals surface area contributed by atoms with Crippen LogP contribution in [0.4, 0.5) is 10.1 Å². The lowest BCUT2D eigenvalue weighted by molar-refractivity contribution is 0.620. The van der Waals surface area contributed by atoms with Crippen LogP contribution in [-0.4, -0.2) is 0 Å². The predicted molar refractivity (Wildman–Crippen MR) is 45.8 cm³/mol. The van der Waals surface area contributed by atoms with Gasteiger partial charge in [-0.2, -0.15) is 0 Å². The Morgan fingerprint density at radius 2 is 2.10 bits per heavy atom. The Hall–Kier alpha value is -0.220. The van der Waals surface area contributed by atoms with Crippen molar-refractivity contribution >= 4 is 34.2 Å². The number of rotatable bonds is 0. The maximum Gasteiger partial charge on any atom is 0.139 e. The topological polar surface area (TPSA) is 26.0 Å². The van der Waals surface area contributed by atoms with Crippen LogP contribution in [0, 0.1) is 5.82 Å². The zero-order valence-corrected chi connectivity index (χ0v) is 7.42. The SMILES string of the molecule is Nc1cc(F)c(Br)cc1S. The highest BCUT2D eigenvalue weighted by Crippen LogP contribution is 2.24. The molecule has 2 N–H and O–H groups in total. The van der Waals surface area contributed by atoms with E-state index in [1.807, 2.05) is 0 Å². The largest absolute Gasteiger partial charge is 0.398 e. The molecule has 4 heteroatoms. The molecule has 0 bridgehead atoms. The van der Waals surface area contributed by atoms with Crippen molar-refractivity contribution in [2.24, 2.45) is 0 Å². The Kier molecular flexibility index (Phi) is 2.21. The number of hydrogen-bond donors (Lipinski definition) is 2. The minimum atomic E-state index is -0.365. The first-order valence-corrected chi connectivity index (χ1v) is 3.79. The van der Waals surface area contributed by atoms with Gasteiger partial charge in [-0.25, -0.2) is 4.39 Å². The maximum absolute atomic E-state index is 12.6. The molecule has 0 saturated carbocycles. The van der Waals surface area contributed by atoms with E-state index in [1.54, 1.807) is 0 Å². The molecule has 0 radical (unpaired) electrons. The lowest BCUT2D eigenvalue weighted by Gasteiger charge is -1.99. The van der Waals surface area contributed by atoms with Crippen LogP contribution in [0.15, 0.2) is 21.5 Å². The van der Waals surface area contributed by atoms with Gasteiger partial charge in [0.15, 0.2) is 0 Å². The van der Waals surface area contributed by atoms with Gasteiger partial charge >= 0.3 is 0 Å². The van der Waals surface area contributed by atoms with E-state index in [2.05, 4.69) is 28.6 Å². The van der Waals surface area contributed by atoms with Crippen molar-refractivity contribution in [3.63, 3.8) is 0 Å². The highest BCUT2D eigenvalue weighted by atomic mass is 79.9. The third-order valence-electron chi connectivity index (χ3n) is 1.07. The van der Waals surface area contributed by atoms with E-state index in [-0.39, 0.29) is 5.82 Å². The average molecular weight is 222 g/mol. The summed E-state index contributed by atoms with van der Waals surface area (Å²) in [6, 6.07) is 2.75. The molecule has 0 amide bonds. The van der Waals surface area contributed by atoms with Gasteiger partial charge in [-0.05, 0) is 28.1 Å². The van der Waals surface area contributed by atoms with Crippen LogP contribution in [0.1, 0.15) is 0 Å². The summed E-state index contributed by atoms with van der Waals surface area (Å²) in [5.74, 6) is -0.365. The second-order valence-corrected chi connectivity index (χ2v) is 3.16. The zero-order valence-electron chi connectivity index (χ0n) is 4.94. The minimum absolute atomic E-state index is 0.351. The molecule has 0 fully saturated rings. The Balaban J connectivity index is 3.28. The summed E-state index contributed by atoms with van der Waals surface area (Å²) in [4.78, 5) is 0.577. The molecule has 1 aromatic rings. The van der Waals surface area contributed by atoms with E-state index < -0.39 is 0 Å². The van der Waals surface area contributed by atoms with E-state index >= 15 is 0 Å². The van der Waals surface area contributed by atoms with Gasteiger partial charge in [0.25, 0.3) is 0 Å². The molecule has 0 saturated heterocycles. The monoisotopic (exact) mass is 221 g/mol. The van der Waals surface area contributed by atoms with Gasteiger partial charge in [0.05, 0.1) is 4.47 Å². The zero-order chi connectivity index (χ0) is 7.72. The van der Waals surface area contributed by atoms with Crippen LogP contribution in [-0.2, 0) is 0 Å². The molecule has 0 unspecified atom stereocenters. The lowest BCUT2D eigenvalue weighted by atomic mass is 10.3. The number of hydrogen-bond acceptors (Lipinski definition) is 2. The summed E-state index contributed by atoms with van der Waals surface area (Å²) in [7, 11) is 0. The Bertz CT molecular complexity index is 214. The molecule has 0 spiro atoms. The van der Waals surface area contributed by atoms with E-state index in [0.29, 0.717) is 15.1 Å². The van der Waals surface area contributed by atoms with Crippen molar-refractivity contribution in [1.82, 2.24) is 0 Å². The van der Waals surface area contributed by atoms with Gasteiger partial charge in [0.1, 0.15) is 5.82 Å². The van der Waals surface area contributed by atoms with Crippen molar-refractivity contribution in [2.45, 2.75) is 4.90 Å². The van der Waals surface area contributed by atoms with Crippen molar-refractivity contribution in [3.05, 3.63) is 22.4 Å². The first-order valence-electron chi connectivity index (χ1n) is 2.54. The summed E-state index contributed by atoms with van der Waals surface area (Å²) < 4.78 is 13.0. The number of nitrogens with two attached hydrogens (primary N) is 1. The molecule has 1 aromatic carbocycles. The molecule has 0 aliphatic heterocycles. The van der Waals surface area contributed by atoms with Crippen LogP contribution in [0.3, 0.4) is 0 Å². The summed E-state index contributed by atoms with van der Waals surface area (Å²) in [5.41, 5.74) is 5.70. The van der Waals surface area contributed by atoms with Gasteiger partial charge in [-0.1, -0.05) is 0 Å². The van der Waals surface area contributed by atoms with Gasteiger partial charge in [0, 0.05) is 10.6 Å². The Morgan fingerprint density at radius 1 is 1.50 bits per heavy atom. The summed E-state index contributed by atoms with van der Waals surface area (Å²) >= 11 is 6.99. The van der Waals surface area contributed by atoms with Crippen LogP contribution < -0.4 is 5.73 Å². The number of thiol groups is 1. The van der Waals surface area contributed by atoms with Crippen LogP contribution in [0.2, 0.25) is 0 Å². The van der Waals surface area contributed by atoms with Gasteiger partial charge in [0.2, 0.25) is 0 Å². The standard InChI is InChI=1S/C6H5BrFNS/c7-3-1-6(10)5(9)2-4(3)8/h1-2,10H,9H2. The summed E-state index contributed by atoms with van der Waals surface area (Å²) in [6.07, 6.45) is 0.